The molecule has 0 radical (unpaired) electrons. The van der Waals surface area contributed by atoms with E-state index < -0.39 is 0 Å². The number of halogens is 1. The molecule has 0 aliphatic carbocycles. The molecule has 6 aromatic carbocycles. The zero-order chi connectivity index (χ0) is 26.9. The van der Waals surface area contributed by atoms with E-state index >= 15 is 0 Å². The first-order valence-electron chi connectivity index (χ1n) is 13.2. The van der Waals surface area contributed by atoms with Crippen LogP contribution in [0, 0.1) is 0 Å². The number of hydrogen-bond acceptors (Lipinski definition) is 2. The van der Waals surface area contributed by atoms with Crippen molar-refractivity contribution in [3.8, 4) is 5.69 Å². The van der Waals surface area contributed by atoms with Gasteiger partial charge in [-0.25, -0.2) is 0 Å². The maximum atomic E-state index is 3.84. The summed E-state index contributed by atoms with van der Waals surface area (Å²) in [5.41, 5.74) is 6.82. The van der Waals surface area contributed by atoms with E-state index in [9.17, 15) is 0 Å². The Kier molecular flexibility index (Phi) is 6.64. The largest absolute Gasteiger partial charge is 0.310 e. The molecule has 0 saturated carbocycles. The maximum absolute atomic E-state index is 3.84. The van der Waals surface area contributed by atoms with Crippen LogP contribution < -0.4 is 4.90 Å². The van der Waals surface area contributed by atoms with E-state index in [1.165, 1.54) is 31.6 Å². The average Bonchev–Trinajstić information content (AvgIpc) is 3.34. The van der Waals surface area contributed by atoms with E-state index in [1.54, 1.807) is 11.8 Å². The van der Waals surface area contributed by atoms with Gasteiger partial charge in [-0.05, 0) is 72.8 Å². The standard InChI is InChI=1S/C36H25BrN2S/c37-33-20-12-22-35-36(33)32-19-10-11-21-34(32)39(35)29-23-28(24-31(25-29)40-30-17-8-3-9-18-30)38(26-13-4-1-5-14-26)27-15-6-2-7-16-27/h1-25H. The molecule has 0 N–H and O–H groups in total. The second-order valence-electron chi connectivity index (χ2n) is 9.59. The van der Waals surface area contributed by atoms with E-state index in [1.807, 2.05) is 0 Å². The summed E-state index contributed by atoms with van der Waals surface area (Å²) in [4.78, 5) is 4.72. The van der Waals surface area contributed by atoms with Crippen molar-refractivity contribution in [2.24, 2.45) is 0 Å². The molecular formula is C36H25BrN2S. The molecule has 1 aromatic heterocycles. The molecule has 0 aliphatic heterocycles. The molecule has 4 heteroatoms. The van der Waals surface area contributed by atoms with Gasteiger partial charge in [0.2, 0.25) is 0 Å². The van der Waals surface area contributed by atoms with E-state index in [4.69, 9.17) is 0 Å². The minimum atomic E-state index is 1.10. The van der Waals surface area contributed by atoms with Gasteiger partial charge in [0.05, 0.1) is 11.0 Å². The molecular weight excluding hydrogens is 572 g/mol. The highest BCUT2D eigenvalue weighted by atomic mass is 79.9. The Morgan fingerprint density at radius 1 is 0.500 bits per heavy atom. The molecule has 7 rings (SSSR count). The van der Waals surface area contributed by atoms with Crippen molar-refractivity contribution in [1.82, 2.24) is 4.57 Å². The van der Waals surface area contributed by atoms with Crippen molar-refractivity contribution in [3.05, 3.63) is 156 Å². The fraction of sp³-hybridized carbons (Fsp3) is 0. The van der Waals surface area contributed by atoms with Gasteiger partial charge in [0, 0.05) is 47.8 Å². The predicted molar refractivity (Wildman–Crippen MR) is 174 cm³/mol. The van der Waals surface area contributed by atoms with Gasteiger partial charge >= 0.3 is 0 Å². The number of benzene rings is 6. The van der Waals surface area contributed by atoms with E-state index in [-0.39, 0.29) is 0 Å². The zero-order valence-electron chi connectivity index (χ0n) is 21.6. The molecule has 0 spiro atoms. The highest BCUT2D eigenvalue weighted by molar-refractivity contribution is 9.10. The molecule has 0 amide bonds. The first-order valence-corrected chi connectivity index (χ1v) is 14.8. The van der Waals surface area contributed by atoms with Crippen molar-refractivity contribution in [2.75, 3.05) is 4.90 Å². The SMILES string of the molecule is Brc1cccc2c1c1ccccc1n2-c1cc(Sc2ccccc2)cc(N(c2ccccc2)c2ccccc2)c1. The number of aromatic nitrogens is 1. The molecule has 40 heavy (non-hydrogen) atoms. The first-order chi connectivity index (χ1) is 19.8. The lowest BCUT2D eigenvalue weighted by Crippen LogP contribution is -2.10. The van der Waals surface area contributed by atoms with Crippen molar-refractivity contribution in [1.29, 1.82) is 0 Å². The third-order valence-electron chi connectivity index (χ3n) is 7.05. The molecule has 0 atom stereocenters. The molecule has 1 heterocycles. The van der Waals surface area contributed by atoms with Crippen LogP contribution in [0.1, 0.15) is 0 Å². The van der Waals surface area contributed by atoms with Crippen molar-refractivity contribution < 1.29 is 0 Å². The first kappa shape index (κ1) is 24.8. The van der Waals surface area contributed by atoms with Crippen LogP contribution in [0.15, 0.2) is 166 Å². The Morgan fingerprint density at radius 3 is 1.80 bits per heavy atom. The Balaban J connectivity index is 1.51. The Hall–Kier alpha value is -4.25. The molecule has 0 unspecified atom stereocenters. The van der Waals surface area contributed by atoms with E-state index in [0.717, 1.165) is 27.2 Å². The monoisotopic (exact) mass is 596 g/mol. The van der Waals surface area contributed by atoms with Crippen LogP contribution in [0.5, 0.6) is 0 Å². The van der Waals surface area contributed by atoms with Gasteiger partial charge in [-0.3, -0.25) is 0 Å². The van der Waals surface area contributed by atoms with Crippen LogP contribution in [-0.2, 0) is 0 Å². The van der Waals surface area contributed by atoms with Crippen LogP contribution in [0.25, 0.3) is 27.5 Å². The number of fused-ring (bicyclic) bond motifs is 3. The van der Waals surface area contributed by atoms with Crippen LogP contribution in [0.4, 0.5) is 17.1 Å². The minimum Gasteiger partial charge on any atom is -0.310 e. The second kappa shape index (κ2) is 10.7. The molecule has 0 bridgehead atoms. The van der Waals surface area contributed by atoms with Gasteiger partial charge in [-0.15, -0.1) is 0 Å². The van der Waals surface area contributed by atoms with Gasteiger partial charge in [0.25, 0.3) is 0 Å². The van der Waals surface area contributed by atoms with Gasteiger partial charge < -0.3 is 9.47 Å². The lowest BCUT2D eigenvalue weighted by atomic mass is 10.1. The summed E-state index contributed by atoms with van der Waals surface area (Å²) >= 11 is 5.62. The third-order valence-corrected chi connectivity index (χ3v) is 8.69. The summed E-state index contributed by atoms with van der Waals surface area (Å²) in [5.74, 6) is 0. The van der Waals surface area contributed by atoms with Crippen molar-refractivity contribution in [2.45, 2.75) is 9.79 Å². The van der Waals surface area contributed by atoms with Gasteiger partial charge in [0.1, 0.15) is 0 Å². The number of rotatable bonds is 6. The highest BCUT2D eigenvalue weighted by Gasteiger charge is 2.18. The van der Waals surface area contributed by atoms with E-state index in [0.29, 0.717) is 0 Å². The molecule has 0 saturated heterocycles. The molecule has 0 fully saturated rings. The van der Waals surface area contributed by atoms with E-state index in [2.05, 4.69) is 177 Å². The summed E-state index contributed by atoms with van der Waals surface area (Å²) in [6, 6.07) is 53.8. The predicted octanol–water partition coefficient (Wildman–Crippen LogP) is 11.2. The second-order valence-corrected chi connectivity index (χ2v) is 11.6. The van der Waals surface area contributed by atoms with Gasteiger partial charge in [-0.1, -0.05) is 107 Å². The Labute approximate surface area is 246 Å². The Morgan fingerprint density at radius 2 is 1.10 bits per heavy atom. The summed E-state index contributed by atoms with van der Waals surface area (Å²) in [7, 11) is 0. The number of para-hydroxylation sites is 3. The van der Waals surface area contributed by atoms with Gasteiger partial charge in [-0.2, -0.15) is 0 Å². The minimum absolute atomic E-state index is 1.10. The fourth-order valence-corrected chi connectivity index (χ4v) is 6.86. The fourth-order valence-electron chi connectivity index (χ4n) is 5.36. The quantitative estimate of drug-likeness (QED) is 0.188. The number of anilines is 3. The average molecular weight is 598 g/mol. The molecule has 192 valence electrons. The van der Waals surface area contributed by atoms with Crippen LogP contribution >= 0.6 is 27.7 Å². The highest BCUT2D eigenvalue weighted by Crippen LogP contribution is 2.42. The maximum Gasteiger partial charge on any atom is 0.0552 e. The normalized spacial score (nSPS) is 11.2. The summed E-state index contributed by atoms with van der Waals surface area (Å²) in [6.45, 7) is 0. The summed E-state index contributed by atoms with van der Waals surface area (Å²) in [5, 5.41) is 2.46. The number of nitrogens with zero attached hydrogens (tertiary/aromatic N) is 2. The lowest BCUT2D eigenvalue weighted by molar-refractivity contribution is 1.15. The van der Waals surface area contributed by atoms with Crippen molar-refractivity contribution in [3.63, 3.8) is 0 Å². The lowest BCUT2D eigenvalue weighted by Gasteiger charge is -2.27. The topological polar surface area (TPSA) is 8.17 Å². The summed E-state index contributed by atoms with van der Waals surface area (Å²) in [6.07, 6.45) is 0. The van der Waals surface area contributed by atoms with Crippen LogP contribution in [-0.4, -0.2) is 4.57 Å². The smallest absolute Gasteiger partial charge is 0.0552 e. The van der Waals surface area contributed by atoms with Crippen LogP contribution in [0.2, 0.25) is 0 Å². The van der Waals surface area contributed by atoms with Gasteiger partial charge in [0.15, 0.2) is 0 Å². The van der Waals surface area contributed by atoms with Crippen LogP contribution in [0.3, 0.4) is 0 Å². The number of hydrogen-bond donors (Lipinski definition) is 0. The van der Waals surface area contributed by atoms with Crippen molar-refractivity contribution >= 4 is 66.6 Å². The summed E-state index contributed by atoms with van der Waals surface area (Å²) < 4.78 is 3.49. The zero-order valence-corrected chi connectivity index (χ0v) is 24.0. The molecule has 2 nitrogen and oxygen atoms in total. The molecule has 0 aliphatic rings. The molecule has 7 aromatic rings. The Bertz CT molecular complexity index is 1890. The third kappa shape index (κ3) is 4.60.